The second-order valence-electron chi connectivity index (χ2n) is 6.07. The Morgan fingerprint density at radius 2 is 1.62 bits per heavy atom. The number of Topliss-reactive ketones (excluding diaryl/α,β-unsaturated/α-hetero) is 1. The van der Waals surface area contributed by atoms with Crippen molar-refractivity contribution >= 4 is 34.3 Å². The van der Waals surface area contributed by atoms with Gasteiger partial charge in [-0.2, -0.15) is 0 Å². The van der Waals surface area contributed by atoms with Gasteiger partial charge in [-0.15, -0.1) is 0 Å². The van der Waals surface area contributed by atoms with E-state index in [0.29, 0.717) is 32.4 Å². The highest BCUT2D eigenvalue weighted by atomic mass is 35.5. The van der Waals surface area contributed by atoms with Crippen molar-refractivity contribution < 1.29 is 18.5 Å². The second-order valence-corrected chi connectivity index (χ2v) is 7.96. The molecule has 0 aromatic heterocycles. The molecule has 2 rings (SSSR count). The van der Waals surface area contributed by atoms with Gasteiger partial charge in [-0.25, -0.2) is 4.79 Å². The number of amides is 1. The van der Waals surface area contributed by atoms with Gasteiger partial charge in [0.2, 0.25) is 0 Å². The molecule has 0 saturated heterocycles. The molecule has 138 valence electrons. The SMILES string of the molecule is Cc1cc(C(=O)CS(=O)c2ccc(Cl)cc2)cc(C)c1OC(=O)N(C)C. The second kappa shape index (κ2) is 8.47. The van der Waals surface area contributed by atoms with Gasteiger partial charge in [0.05, 0.1) is 16.6 Å². The lowest BCUT2D eigenvalue weighted by molar-refractivity contribution is 0.102. The third-order valence-corrected chi connectivity index (χ3v) is 5.25. The molecule has 2 aromatic rings. The molecule has 0 aliphatic heterocycles. The van der Waals surface area contributed by atoms with Crippen LogP contribution in [0.2, 0.25) is 5.02 Å². The zero-order chi connectivity index (χ0) is 19.4. The average molecular weight is 394 g/mol. The number of carbonyl (C=O) groups excluding carboxylic acids is 2. The lowest BCUT2D eigenvalue weighted by Gasteiger charge is -2.15. The quantitative estimate of drug-likeness (QED) is 0.720. The predicted molar refractivity (Wildman–Crippen MR) is 103 cm³/mol. The summed E-state index contributed by atoms with van der Waals surface area (Å²) in [4.78, 5) is 26.1. The van der Waals surface area contributed by atoms with E-state index in [-0.39, 0.29) is 11.5 Å². The van der Waals surface area contributed by atoms with Crippen molar-refractivity contribution in [2.75, 3.05) is 19.8 Å². The molecular formula is C19H20ClNO4S. The predicted octanol–water partition coefficient (Wildman–Crippen LogP) is 4.01. The number of hydrogen-bond donors (Lipinski definition) is 0. The van der Waals surface area contributed by atoms with E-state index in [2.05, 4.69) is 0 Å². The van der Waals surface area contributed by atoms with Crippen LogP contribution >= 0.6 is 11.6 Å². The minimum Gasteiger partial charge on any atom is -0.410 e. The standard InChI is InChI=1S/C19H20ClNO4S/c1-12-9-14(10-13(2)18(12)25-19(23)21(3)4)17(22)11-26(24)16-7-5-15(20)6-8-16/h5-10H,11H2,1-4H3. The molecule has 1 amide bonds. The third kappa shape index (κ3) is 4.93. The number of benzene rings is 2. The van der Waals surface area contributed by atoms with Gasteiger partial charge in [0.1, 0.15) is 5.75 Å². The van der Waals surface area contributed by atoms with Gasteiger partial charge < -0.3 is 9.64 Å². The van der Waals surface area contributed by atoms with Crippen molar-refractivity contribution in [3.8, 4) is 5.75 Å². The van der Waals surface area contributed by atoms with Crippen LogP contribution in [0.25, 0.3) is 0 Å². The number of aryl methyl sites for hydroxylation is 2. The van der Waals surface area contributed by atoms with Crippen LogP contribution in [0, 0.1) is 13.8 Å². The van der Waals surface area contributed by atoms with Gasteiger partial charge in [0.25, 0.3) is 0 Å². The van der Waals surface area contributed by atoms with E-state index in [1.54, 1.807) is 64.3 Å². The van der Waals surface area contributed by atoms with Gasteiger partial charge in [-0.3, -0.25) is 9.00 Å². The Balaban J connectivity index is 2.18. The highest BCUT2D eigenvalue weighted by Crippen LogP contribution is 2.26. The fourth-order valence-corrected chi connectivity index (χ4v) is 3.46. The first-order chi connectivity index (χ1) is 12.2. The fraction of sp³-hybridized carbons (Fsp3) is 0.263. The molecule has 0 N–H and O–H groups in total. The first-order valence-electron chi connectivity index (χ1n) is 7.86. The van der Waals surface area contributed by atoms with Crippen molar-refractivity contribution in [3.63, 3.8) is 0 Å². The Labute approximate surface area is 160 Å². The van der Waals surface area contributed by atoms with Crippen LogP contribution in [-0.2, 0) is 10.8 Å². The Hall–Kier alpha value is -2.18. The minimum absolute atomic E-state index is 0.128. The van der Waals surface area contributed by atoms with Crippen LogP contribution in [0.3, 0.4) is 0 Å². The number of halogens is 1. The lowest BCUT2D eigenvalue weighted by Crippen LogP contribution is -2.26. The van der Waals surface area contributed by atoms with E-state index in [9.17, 15) is 13.8 Å². The Morgan fingerprint density at radius 1 is 1.08 bits per heavy atom. The number of rotatable bonds is 5. The van der Waals surface area contributed by atoms with Crippen LogP contribution < -0.4 is 4.74 Å². The maximum atomic E-state index is 12.5. The molecule has 0 bridgehead atoms. The van der Waals surface area contributed by atoms with Crippen molar-refractivity contribution in [2.24, 2.45) is 0 Å². The average Bonchev–Trinajstić information content (AvgIpc) is 2.57. The highest BCUT2D eigenvalue weighted by molar-refractivity contribution is 7.85. The van der Waals surface area contributed by atoms with Crippen molar-refractivity contribution in [1.29, 1.82) is 0 Å². The summed E-state index contributed by atoms with van der Waals surface area (Å²) in [5.41, 5.74) is 1.77. The zero-order valence-electron chi connectivity index (χ0n) is 15.0. The fourth-order valence-electron chi connectivity index (χ4n) is 2.32. The largest absolute Gasteiger partial charge is 0.414 e. The van der Waals surface area contributed by atoms with E-state index in [1.165, 1.54) is 4.90 Å². The zero-order valence-corrected chi connectivity index (χ0v) is 16.6. The molecule has 1 unspecified atom stereocenters. The number of nitrogens with zero attached hydrogens (tertiary/aromatic N) is 1. The lowest BCUT2D eigenvalue weighted by atomic mass is 10.0. The van der Waals surface area contributed by atoms with Crippen LogP contribution in [0.15, 0.2) is 41.3 Å². The molecule has 2 aromatic carbocycles. The highest BCUT2D eigenvalue weighted by Gasteiger charge is 2.17. The number of carbonyl (C=O) groups is 2. The summed E-state index contributed by atoms with van der Waals surface area (Å²) in [6.45, 7) is 3.52. The van der Waals surface area contributed by atoms with Crippen LogP contribution in [0.1, 0.15) is 21.5 Å². The summed E-state index contributed by atoms with van der Waals surface area (Å²) >= 11 is 5.82. The van der Waals surface area contributed by atoms with Gasteiger partial charge in [0.15, 0.2) is 5.78 Å². The summed E-state index contributed by atoms with van der Waals surface area (Å²) in [6.07, 6.45) is -0.487. The van der Waals surface area contributed by atoms with Crippen LogP contribution in [-0.4, -0.2) is 40.8 Å². The maximum absolute atomic E-state index is 12.5. The molecule has 0 heterocycles. The summed E-state index contributed by atoms with van der Waals surface area (Å²) in [5.74, 6) is 0.0613. The molecule has 5 nitrogen and oxygen atoms in total. The van der Waals surface area contributed by atoms with Crippen LogP contribution in [0.5, 0.6) is 5.75 Å². The van der Waals surface area contributed by atoms with Gasteiger partial charge in [-0.1, -0.05) is 11.6 Å². The number of hydrogen-bond acceptors (Lipinski definition) is 4. The molecule has 0 spiro atoms. The maximum Gasteiger partial charge on any atom is 0.414 e. The van der Waals surface area contributed by atoms with E-state index in [4.69, 9.17) is 16.3 Å². The van der Waals surface area contributed by atoms with Crippen molar-refractivity contribution in [2.45, 2.75) is 18.7 Å². The monoisotopic (exact) mass is 393 g/mol. The van der Waals surface area contributed by atoms with E-state index in [0.717, 1.165) is 0 Å². The third-order valence-electron chi connectivity index (χ3n) is 3.68. The number of ketones is 1. The van der Waals surface area contributed by atoms with Crippen molar-refractivity contribution in [1.82, 2.24) is 4.90 Å². The Bertz CT molecular complexity index is 839. The van der Waals surface area contributed by atoms with Gasteiger partial charge in [0, 0.05) is 29.6 Å². The van der Waals surface area contributed by atoms with E-state index in [1.807, 2.05) is 0 Å². The molecule has 26 heavy (non-hydrogen) atoms. The Kier molecular flexibility index (Phi) is 6.56. The molecule has 0 aliphatic rings. The van der Waals surface area contributed by atoms with Gasteiger partial charge >= 0.3 is 6.09 Å². The molecule has 0 aliphatic carbocycles. The van der Waals surface area contributed by atoms with E-state index >= 15 is 0 Å². The van der Waals surface area contributed by atoms with E-state index < -0.39 is 16.9 Å². The van der Waals surface area contributed by atoms with Crippen LogP contribution in [0.4, 0.5) is 4.79 Å². The van der Waals surface area contributed by atoms with Gasteiger partial charge in [-0.05, 0) is 61.4 Å². The summed E-state index contributed by atoms with van der Waals surface area (Å²) < 4.78 is 17.7. The summed E-state index contributed by atoms with van der Waals surface area (Å²) in [6, 6.07) is 9.86. The minimum atomic E-state index is -1.46. The smallest absolute Gasteiger partial charge is 0.410 e. The summed E-state index contributed by atoms with van der Waals surface area (Å²) in [5, 5.41) is 0.547. The molecule has 7 heteroatoms. The first-order valence-corrected chi connectivity index (χ1v) is 9.56. The molecule has 0 radical (unpaired) electrons. The molecule has 1 atom stereocenters. The molecular weight excluding hydrogens is 374 g/mol. The normalized spacial score (nSPS) is 11.7. The van der Waals surface area contributed by atoms with Crippen molar-refractivity contribution in [3.05, 3.63) is 58.1 Å². The Morgan fingerprint density at radius 3 is 2.12 bits per heavy atom. The topological polar surface area (TPSA) is 63.7 Å². The number of ether oxygens (including phenoxy) is 1. The first kappa shape index (κ1) is 20.1. The summed E-state index contributed by atoms with van der Waals surface area (Å²) in [7, 11) is 1.73. The molecule has 0 fully saturated rings. The molecule has 0 saturated carbocycles.